The van der Waals surface area contributed by atoms with E-state index in [1.807, 2.05) is 25.1 Å². The van der Waals surface area contributed by atoms with E-state index in [-0.39, 0.29) is 24.0 Å². The number of nitrogens with one attached hydrogen (secondary N) is 2. The van der Waals surface area contributed by atoms with Gasteiger partial charge in [0.05, 0.1) is 20.3 Å². The summed E-state index contributed by atoms with van der Waals surface area (Å²) in [5, 5.41) is 6.56. The minimum Gasteiger partial charge on any atom is -0.493 e. The third-order valence-electron chi connectivity index (χ3n) is 3.74. The number of hydrogen-bond donors (Lipinski definition) is 2. The van der Waals surface area contributed by atoms with Crippen LogP contribution in [0, 0.1) is 0 Å². The molecule has 7 heteroatoms. The maximum atomic E-state index is 5.54. The Kier molecular flexibility index (Phi) is 10.6. The third-order valence-corrected chi connectivity index (χ3v) is 3.74. The second kappa shape index (κ2) is 12.4. The molecule has 0 fully saturated rings. The van der Waals surface area contributed by atoms with E-state index in [2.05, 4.69) is 39.9 Å². The average Bonchev–Trinajstić information content (AvgIpc) is 2.67. The van der Waals surface area contributed by atoms with Gasteiger partial charge in [-0.1, -0.05) is 24.3 Å². The molecule has 2 N–H and O–H groups in total. The molecule has 0 saturated carbocycles. The minimum absolute atomic E-state index is 0. The zero-order chi connectivity index (χ0) is 18.8. The Bertz CT molecular complexity index is 721. The Morgan fingerprint density at radius 2 is 1.70 bits per heavy atom. The molecule has 0 atom stereocenters. The molecule has 0 aliphatic rings. The zero-order valence-electron chi connectivity index (χ0n) is 16.2. The van der Waals surface area contributed by atoms with Crippen LogP contribution in [0.25, 0.3) is 0 Å². The van der Waals surface area contributed by atoms with Crippen LogP contribution in [0.3, 0.4) is 0 Å². The molecule has 0 saturated heterocycles. The Morgan fingerprint density at radius 1 is 1.00 bits per heavy atom. The fraction of sp³-hybridized carbons (Fsp3) is 0.350. The highest BCUT2D eigenvalue weighted by Gasteiger charge is 2.07. The minimum atomic E-state index is 0. The van der Waals surface area contributed by atoms with Crippen molar-refractivity contribution in [2.75, 3.05) is 33.2 Å². The molecule has 2 aromatic carbocycles. The van der Waals surface area contributed by atoms with Crippen LogP contribution in [0.4, 0.5) is 5.69 Å². The highest BCUT2D eigenvalue weighted by Crippen LogP contribution is 2.30. The second-order valence-corrected chi connectivity index (χ2v) is 5.60. The number of hydrogen-bond acceptors (Lipinski definition) is 4. The topological polar surface area (TPSA) is 64.1 Å². The maximum Gasteiger partial charge on any atom is 0.195 e. The monoisotopic (exact) mass is 485 g/mol. The van der Waals surface area contributed by atoms with Gasteiger partial charge < -0.3 is 24.8 Å². The molecule has 2 rings (SSSR count). The standard InChI is InChI=1S/C20H27N3O3.HI/c1-5-26-18-11-10-17(12-19(18)25-4)23-20(21-2)22-13-15-6-8-16(9-7-15)14-24-3;/h6-12H,5,13-14H2,1-4H3,(H2,21,22,23);1H. The fourth-order valence-corrected chi connectivity index (χ4v) is 2.44. The summed E-state index contributed by atoms with van der Waals surface area (Å²) in [7, 11) is 5.06. The first-order valence-electron chi connectivity index (χ1n) is 8.55. The predicted molar refractivity (Wildman–Crippen MR) is 121 cm³/mol. The number of anilines is 1. The van der Waals surface area contributed by atoms with Gasteiger partial charge in [0.15, 0.2) is 17.5 Å². The molecule has 2 aromatic rings. The molecule has 6 nitrogen and oxygen atoms in total. The van der Waals surface area contributed by atoms with Crippen LogP contribution in [0.5, 0.6) is 11.5 Å². The van der Waals surface area contributed by atoms with Gasteiger partial charge in [-0.05, 0) is 30.2 Å². The number of ether oxygens (including phenoxy) is 3. The molecule has 0 aliphatic heterocycles. The normalized spacial score (nSPS) is 10.7. The first-order valence-corrected chi connectivity index (χ1v) is 8.55. The lowest BCUT2D eigenvalue weighted by Crippen LogP contribution is -2.30. The number of guanidine groups is 1. The van der Waals surface area contributed by atoms with Crippen LogP contribution in [-0.4, -0.2) is 33.8 Å². The molecular formula is C20H28IN3O3. The van der Waals surface area contributed by atoms with E-state index in [4.69, 9.17) is 14.2 Å². The van der Waals surface area contributed by atoms with Crippen molar-refractivity contribution < 1.29 is 14.2 Å². The average molecular weight is 485 g/mol. The van der Waals surface area contributed by atoms with Gasteiger partial charge in [-0.2, -0.15) is 0 Å². The van der Waals surface area contributed by atoms with Crippen LogP contribution in [0.1, 0.15) is 18.1 Å². The van der Waals surface area contributed by atoms with Crippen molar-refractivity contribution in [1.82, 2.24) is 5.32 Å². The lowest BCUT2D eigenvalue weighted by Gasteiger charge is -2.14. The molecule has 0 bridgehead atoms. The number of aliphatic imine (C=N–C) groups is 1. The SMILES string of the molecule is CCOc1ccc(NC(=NC)NCc2ccc(COC)cc2)cc1OC.I. The predicted octanol–water partition coefficient (Wildman–Crippen LogP) is 4.05. The summed E-state index contributed by atoms with van der Waals surface area (Å²) in [6.45, 7) is 3.83. The Hall–Kier alpha value is -2.00. The first kappa shape index (κ1) is 23.0. The van der Waals surface area contributed by atoms with Gasteiger partial charge in [-0.15, -0.1) is 24.0 Å². The van der Waals surface area contributed by atoms with Crippen LogP contribution >= 0.6 is 24.0 Å². The van der Waals surface area contributed by atoms with Crippen molar-refractivity contribution in [1.29, 1.82) is 0 Å². The summed E-state index contributed by atoms with van der Waals surface area (Å²) in [6.07, 6.45) is 0. The molecule has 0 heterocycles. The first-order chi connectivity index (χ1) is 12.7. The number of nitrogens with zero attached hydrogens (tertiary/aromatic N) is 1. The lowest BCUT2D eigenvalue weighted by atomic mass is 10.1. The van der Waals surface area contributed by atoms with Crippen LogP contribution in [0.15, 0.2) is 47.5 Å². The van der Waals surface area contributed by atoms with Crippen molar-refractivity contribution in [2.24, 2.45) is 4.99 Å². The van der Waals surface area contributed by atoms with E-state index in [1.165, 1.54) is 0 Å². The van der Waals surface area contributed by atoms with Gasteiger partial charge in [0.2, 0.25) is 0 Å². The second-order valence-electron chi connectivity index (χ2n) is 5.60. The Balaban J connectivity index is 0.00000364. The lowest BCUT2D eigenvalue weighted by molar-refractivity contribution is 0.185. The van der Waals surface area contributed by atoms with Crippen LogP contribution in [-0.2, 0) is 17.9 Å². The number of benzene rings is 2. The van der Waals surface area contributed by atoms with Crippen molar-refractivity contribution >= 4 is 35.6 Å². The summed E-state index contributed by atoms with van der Waals surface area (Å²) >= 11 is 0. The summed E-state index contributed by atoms with van der Waals surface area (Å²) in [4.78, 5) is 4.26. The van der Waals surface area contributed by atoms with E-state index < -0.39 is 0 Å². The molecular weight excluding hydrogens is 457 g/mol. The largest absolute Gasteiger partial charge is 0.493 e. The van der Waals surface area contributed by atoms with Gasteiger partial charge in [0, 0.05) is 32.5 Å². The fourth-order valence-electron chi connectivity index (χ4n) is 2.44. The van der Waals surface area contributed by atoms with Gasteiger partial charge in [-0.25, -0.2) is 0 Å². The molecule has 0 unspecified atom stereocenters. The van der Waals surface area contributed by atoms with E-state index in [0.29, 0.717) is 31.5 Å². The van der Waals surface area contributed by atoms with E-state index in [9.17, 15) is 0 Å². The summed E-state index contributed by atoms with van der Waals surface area (Å²) in [6, 6.07) is 14.0. The number of rotatable bonds is 8. The summed E-state index contributed by atoms with van der Waals surface area (Å²) < 4.78 is 16.0. The molecule has 148 valence electrons. The van der Waals surface area contributed by atoms with Crippen molar-refractivity contribution in [3.8, 4) is 11.5 Å². The molecule has 27 heavy (non-hydrogen) atoms. The van der Waals surface area contributed by atoms with Crippen molar-refractivity contribution in [3.63, 3.8) is 0 Å². The Morgan fingerprint density at radius 3 is 2.30 bits per heavy atom. The summed E-state index contributed by atoms with van der Waals surface area (Å²) in [5.74, 6) is 2.08. The molecule has 0 amide bonds. The third kappa shape index (κ3) is 7.26. The van der Waals surface area contributed by atoms with Crippen molar-refractivity contribution in [2.45, 2.75) is 20.1 Å². The van der Waals surface area contributed by atoms with Gasteiger partial charge in [0.25, 0.3) is 0 Å². The van der Waals surface area contributed by atoms with Crippen LogP contribution in [0.2, 0.25) is 0 Å². The van der Waals surface area contributed by atoms with E-state index in [0.717, 1.165) is 22.6 Å². The maximum absolute atomic E-state index is 5.54. The molecule has 0 aliphatic carbocycles. The van der Waals surface area contributed by atoms with Gasteiger partial charge >= 0.3 is 0 Å². The van der Waals surface area contributed by atoms with Crippen LogP contribution < -0.4 is 20.1 Å². The summed E-state index contributed by atoms with van der Waals surface area (Å²) in [5.41, 5.74) is 3.19. The molecule has 0 spiro atoms. The zero-order valence-corrected chi connectivity index (χ0v) is 18.6. The van der Waals surface area contributed by atoms with E-state index in [1.54, 1.807) is 21.3 Å². The van der Waals surface area contributed by atoms with Gasteiger partial charge in [-0.3, -0.25) is 4.99 Å². The number of halogens is 1. The number of methoxy groups -OCH3 is 2. The molecule has 0 aromatic heterocycles. The highest BCUT2D eigenvalue weighted by molar-refractivity contribution is 14.0. The molecule has 0 radical (unpaired) electrons. The van der Waals surface area contributed by atoms with Gasteiger partial charge in [0.1, 0.15) is 0 Å². The quantitative estimate of drug-likeness (QED) is 0.336. The smallest absolute Gasteiger partial charge is 0.195 e. The Labute approximate surface area is 178 Å². The van der Waals surface area contributed by atoms with E-state index >= 15 is 0 Å². The highest BCUT2D eigenvalue weighted by atomic mass is 127. The van der Waals surface area contributed by atoms with Crippen molar-refractivity contribution in [3.05, 3.63) is 53.6 Å².